The fraction of sp³-hybridized carbons (Fsp3) is 0.846. The van der Waals surface area contributed by atoms with E-state index < -0.39 is 0 Å². The maximum Gasteiger partial charge on any atom is 0.0864 e. The minimum absolute atomic E-state index is 0.0469. The number of ether oxygens (including phenoxy) is 1. The van der Waals surface area contributed by atoms with Gasteiger partial charge in [0.25, 0.3) is 0 Å². The van der Waals surface area contributed by atoms with E-state index in [-0.39, 0.29) is 11.6 Å². The van der Waals surface area contributed by atoms with Crippen molar-refractivity contribution >= 4 is 0 Å². The topological polar surface area (TPSA) is 35.2 Å². The summed E-state index contributed by atoms with van der Waals surface area (Å²) in [6, 6.07) is 0.0469. The summed E-state index contributed by atoms with van der Waals surface area (Å²) in [6.45, 7) is 4.19. The molecule has 0 aromatic rings. The lowest BCUT2D eigenvalue weighted by Crippen LogP contribution is -2.48. The highest BCUT2D eigenvalue weighted by Gasteiger charge is 2.35. The zero-order valence-electron chi connectivity index (χ0n) is 10.4. The molecular formula is C13H25NO. The summed E-state index contributed by atoms with van der Waals surface area (Å²) in [7, 11) is 1.81. The Balaban J connectivity index is 2.76. The van der Waals surface area contributed by atoms with Crippen LogP contribution in [0, 0.1) is 0 Å². The Morgan fingerprint density at radius 3 is 2.13 bits per heavy atom. The number of allylic oxidation sites excluding steroid dienone is 1. The molecule has 0 aromatic heterocycles. The highest BCUT2D eigenvalue weighted by Crippen LogP contribution is 2.32. The molecule has 1 rings (SSSR count). The summed E-state index contributed by atoms with van der Waals surface area (Å²) >= 11 is 0. The van der Waals surface area contributed by atoms with Crippen LogP contribution in [0.3, 0.4) is 0 Å². The first-order valence-corrected chi connectivity index (χ1v) is 6.06. The zero-order valence-corrected chi connectivity index (χ0v) is 10.4. The van der Waals surface area contributed by atoms with E-state index in [0.29, 0.717) is 0 Å². The predicted molar refractivity (Wildman–Crippen MR) is 64.8 cm³/mol. The molecule has 0 heterocycles. The van der Waals surface area contributed by atoms with Gasteiger partial charge in [-0.05, 0) is 26.7 Å². The number of rotatable bonds is 3. The molecular weight excluding hydrogens is 186 g/mol. The van der Waals surface area contributed by atoms with E-state index in [2.05, 4.69) is 19.9 Å². The fourth-order valence-corrected chi connectivity index (χ4v) is 2.51. The normalized spacial score (nSPS) is 22.9. The van der Waals surface area contributed by atoms with Gasteiger partial charge in [-0.25, -0.2) is 0 Å². The van der Waals surface area contributed by atoms with Crippen molar-refractivity contribution in [3.8, 4) is 0 Å². The average Bonchev–Trinajstić information content (AvgIpc) is 2.42. The van der Waals surface area contributed by atoms with Crippen LogP contribution in [0.25, 0.3) is 0 Å². The third kappa shape index (κ3) is 3.32. The van der Waals surface area contributed by atoms with Gasteiger partial charge in [-0.1, -0.05) is 37.3 Å². The molecule has 0 radical (unpaired) electrons. The monoisotopic (exact) mass is 211 g/mol. The second-order valence-electron chi connectivity index (χ2n) is 4.95. The lowest BCUT2D eigenvalue weighted by molar-refractivity contribution is -0.0324. The van der Waals surface area contributed by atoms with Gasteiger partial charge in [-0.3, -0.25) is 0 Å². The zero-order chi connectivity index (χ0) is 11.3. The van der Waals surface area contributed by atoms with Gasteiger partial charge < -0.3 is 10.5 Å². The fourth-order valence-electron chi connectivity index (χ4n) is 2.51. The number of nitrogens with two attached hydrogens (primary N) is 1. The highest BCUT2D eigenvalue weighted by molar-refractivity contribution is 5.08. The first-order valence-electron chi connectivity index (χ1n) is 6.06. The van der Waals surface area contributed by atoms with E-state index in [4.69, 9.17) is 10.5 Å². The van der Waals surface area contributed by atoms with Crippen molar-refractivity contribution < 1.29 is 4.74 Å². The van der Waals surface area contributed by atoms with Gasteiger partial charge in [0.2, 0.25) is 0 Å². The molecule has 2 nitrogen and oxygen atoms in total. The van der Waals surface area contributed by atoms with Crippen LogP contribution in [-0.2, 0) is 4.74 Å². The molecule has 1 unspecified atom stereocenters. The van der Waals surface area contributed by atoms with E-state index >= 15 is 0 Å². The van der Waals surface area contributed by atoms with Crippen molar-refractivity contribution in [2.75, 3.05) is 7.11 Å². The Bertz CT molecular complexity index is 211. The van der Waals surface area contributed by atoms with Gasteiger partial charge in [-0.2, -0.15) is 0 Å². The van der Waals surface area contributed by atoms with Crippen LogP contribution < -0.4 is 5.73 Å². The van der Waals surface area contributed by atoms with Gasteiger partial charge in [-0.15, -0.1) is 0 Å². The molecule has 0 aromatic carbocycles. The maximum atomic E-state index is 6.26. The smallest absolute Gasteiger partial charge is 0.0864 e. The van der Waals surface area contributed by atoms with Crippen molar-refractivity contribution in [1.82, 2.24) is 0 Å². The molecule has 1 atom stereocenters. The Morgan fingerprint density at radius 2 is 1.73 bits per heavy atom. The van der Waals surface area contributed by atoms with E-state index in [1.54, 1.807) is 0 Å². The summed E-state index contributed by atoms with van der Waals surface area (Å²) in [5.41, 5.74) is 7.44. The largest absolute Gasteiger partial charge is 0.376 e. The molecule has 0 spiro atoms. The number of hydrogen-bond donors (Lipinski definition) is 1. The quantitative estimate of drug-likeness (QED) is 0.575. The second-order valence-corrected chi connectivity index (χ2v) is 4.95. The van der Waals surface area contributed by atoms with Crippen LogP contribution >= 0.6 is 0 Å². The molecule has 1 fully saturated rings. The molecule has 0 bridgehead atoms. The van der Waals surface area contributed by atoms with Gasteiger partial charge in [0.05, 0.1) is 11.6 Å². The molecule has 0 aliphatic heterocycles. The molecule has 15 heavy (non-hydrogen) atoms. The summed E-state index contributed by atoms with van der Waals surface area (Å²) in [5, 5.41) is 0. The van der Waals surface area contributed by atoms with Gasteiger partial charge in [0.1, 0.15) is 0 Å². The molecule has 0 saturated heterocycles. The van der Waals surface area contributed by atoms with Crippen molar-refractivity contribution in [3.63, 3.8) is 0 Å². The maximum absolute atomic E-state index is 6.26. The van der Waals surface area contributed by atoms with Crippen LogP contribution in [-0.4, -0.2) is 18.8 Å². The lowest BCUT2D eigenvalue weighted by atomic mass is 9.85. The van der Waals surface area contributed by atoms with Crippen molar-refractivity contribution in [1.29, 1.82) is 0 Å². The molecule has 2 N–H and O–H groups in total. The van der Waals surface area contributed by atoms with E-state index in [1.807, 2.05) is 7.11 Å². The first kappa shape index (κ1) is 12.7. The van der Waals surface area contributed by atoms with Crippen LogP contribution in [0.2, 0.25) is 0 Å². The van der Waals surface area contributed by atoms with Gasteiger partial charge >= 0.3 is 0 Å². The van der Waals surface area contributed by atoms with Gasteiger partial charge in [0, 0.05) is 7.11 Å². The highest BCUT2D eigenvalue weighted by atomic mass is 16.5. The number of methoxy groups -OCH3 is 1. The van der Waals surface area contributed by atoms with Crippen LogP contribution in [0.4, 0.5) is 0 Å². The van der Waals surface area contributed by atoms with Crippen LogP contribution in [0.1, 0.15) is 52.4 Å². The van der Waals surface area contributed by atoms with Crippen LogP contribution in [0.5, 0.6) is 0 Å². The third-order valence-corrected chi connectivity index (χ3v) is 3.48. The van der Waals surface area contributed by atoms with Crippen molar-refractivity contribution in [2.24, 2.45) is 5.73 Å². The number of hydrogen-bond acceptors (Lipinski definition) is 2. The Labute approximate surface area is 93.9 Å². The minimum atomic E-state index is -0.103. The van der Waals surface area contributed by atoms with E-state index in [0.717, 1.165) is 12.8 Å². The second kappa shape index (κ2) is 5.66. The van der Waals surface area contributed by atoms with Crippen molar-refractivity contribution in [3.05, 3.63) is 11.6 Å². The Kier molecular flexibility index (Phi) is 4.81. The standard InChI is InChI=1S/C13H25NO/c1-11(2)10-12(14)13(15-3)8-6-4-5-7-9-13/h10,12H,4-9,14H2,1-3H3. The SMILES string of the molecule is COC1(C(N)C=C(C)C)CCCCCC1. The Morgan fingerprint density at radius 1 is 1.20 bits per heavy atom. The first-order chi connectivity index (χ1) is 7.10. The molecule has 1 aliphatic rings. The minimum Gasteiger partial charge on any atom is -0.376 e. The third-order valence-electron chi connectivity index (χ3n) is 3.48. The molecule has 0 amide bonds. The Hall–Kier alpha value is -0.340. The van der Waals surface area contributed by atoms with E-state index in [1.165, 1.54) is 31.3 Å². The van der Waals surface area contributed by atoms with Gasteiger partial charge in [0.15, 0.2) is 0 Å². The summed E-state index contributed by atoms with van der Waals surface area (Å²) < 4.78 is 5.75. The van der Waals surface area contributed by atoms with Crippen molar-refractivity contribution in [2.45, 2.75) is 64.0 Å². The van der Waals surface area contributed by atoms with Crippen LogP contribution in [0.15, 0.2) is 11.6 Å². The molecule has 88 valence electrons. The summed E-state index contributed by atoms with van der Waals surface area (Å²) in [5.74, 6) is 0. The van der Waals surface area contributed by atoms with E-state index in [9.17, 15) is 0 Å². The molecule has 1 saturated carbocycles. The summed E-state index contributed by atoms with van der Waals surface area (Å²) in [4.78, 5) is 0. The predicted octanol–water partition coefficient (Wildman–Crippen LogP) is 3.02. The average molecular weight is 211 g/mol. The lowest BCUT2D eigenvalue weighted by Gasteiger charge is -2.36. The molecule has 1 aliphatic carbocycles. The summed E-state index contributed by atoms with van der Waals surface area (Å²) in [6.07, 6.45) is 9.51. The molecule has 2 heteroatoms.